The zero-order chi connectivity index (χ0) is 10.3. The van der Waals surface area contributed by atoms with E-state index in [0.29, 0.717) is 3.63 Å². The molecule has 0 aromatic heterocycles. The Balaban J connectivity index is 0.000000722. The first-order valence-electron chi connectivity index (χ1n) is 5.24. The summed E-state index contributed by atoms with van der Waals surface area (Å²) in [5.41, 5.74) is 5.98. The number of fused-ring (bicyclic) bond motifs is 1. The summed E-state index contributed by atoms with van der Waals surface area (Å²) in [4.78, 5) is 0. The van der Waals surface area contributed by atoms with Crippen molar-refractivity contribution in [3.05, 3.63) is 64.8 Å². The molecule has 85 valence electrons. The van der Waals surface area contributed by atoms with E-state index in [1.807, 2.05) is 0 Å². The topological polar surface area (TPSA) is 0 Å². The van der Waals surface area contributed by atoms with Gasteiger partial charge in [0.15, 0.2) is 0 Å². The van der Waals surface area contributed by atoms with Crippen molar-refractivity contribution in [2.24, 2.45) is 0 Å². The zero-order valence-electron chi connectivity index (χ0n) is 9.16. The van der Waals surface area contributed by atoms with Gasteiger partial charge >= 0.3 is 106 Å². The molecule has 0 aliphatic heterocycles. The third-order valence-corrected chi connectivity index (χ3v) is 4.60. The van der Waals surface area contributed by atoms with Gasteiger partial charge in [0.05, 0.1) is 0 Å². The average Bonchev–Trinajstić information content (AvgIpc) is 2.87. The van der Waals surface area contributed by atoms with E-state index in [0.717, 1.165) is 6.42 Å². The van der Waals surface area contributed by atoms with Gasteiger partial charge in [0.1, 0.15) is 0 Å². The van der Waals surface area contributed by atoms with Gasteiger partial charge in [-0.15, -0.1) is 0 Å². The Morgan fingerprint density at radius 3 is 2.53 bits per heavy atom. The normalized spacial score (nSPS) is 20.0. The molecule has 0 N–H and O–H groups in total. The SMILES string of the molecule is [Cl-].[Cl-].[Zr+2][CH]1C(C2=CC=CC2)=Cc2ccccc21. The van der Waals surface area contributed by atoms with Crippen LogP contribution in [0, 0.1) is 0 Å². The van der Waals surface area contributed by atoms with Crippen LogP contribution < -0.4 is 24.8 Å². The van der Waals surface area contributed by atoms with Crippen LogP contribution in [0.2, 0.25) is 0 Å². The minimum atomic E-state index is 0. The molecule has 0 fully saturated rings. The van der Waals surface area contributed by atoms with Crippen LogP contribution in [0.5, 0.6) is 0 Å². The number of halogens is 2. The van der Waals surface area contributed by atoms with Gasteiger partial charge in [-0.3, -0.25) is 0 Å². The first kappa shape index (κ1) is 15.0. The molecule has 0 saturated heterocycles. The van der Waals surface area contributed by atoms with E-state index in [-0.39, 0.29) is 24.8 Å². The quantitative estimate of drug-likeness (QED) is 0.533. The van der Waals surface area contributed by atoms with Crippen molar-refractivity contribution < 1.29 is 49.5 Å². The predicted molar refractivity (Wildman–Crippen MR) is 59.0 cm³/mol. The van der Waals surface area contributed by atoms with Crippen LogP contribution in [0.25, 0.3) is 6.08 Å². The summed E-state index contributed by atoms with van der Waals surface area (Å²) in [7, 11) is 0. The molecule has 2 aliphatic carbocycles. The third-order valence-electron chi connectivity index (χ3n) is 3.07. The number of hydrogen-bond donors (Lipinski definition) is 0. The van der Waals surface area contributed by atoms with E-state index in [1.165, 1.54) is 16.7 Å². The van der Waals surface area contributed by atoms with Gasteiger partial charge in [-0.2, -0.15) is 0 Å². The molecule has 1 atom stereocenters. The van der Waals surface area contributed by atoms with Crippen LogP contribution in [0.3, 0.4) is 0 Å². The fourth-order valence-electron chi connectivity index (χ4n) is 2.26. The van der Waals surface area contributed by atoms with E-state index in [4.69, 9.17) is 0 Å². The van der Waals surface area contributed by atoms with Crippen LogP contribution >= 0.6 is 0 Å². The standard InChI is InChI=1S/C14H11.2ClH.Zr/c1-2-6-11(5-1)14-9-12-7-3-4-8-13(12)10-14;;;/h1-5,7-10H,6H2;2*1H;/q;;;+2/p-2. The van der Waals surface area contributed by atoms with Gasteiger partial charge in [0.25, 0.3) is 0 Å². The summed E-state index contributed by atoms with van der Waals surface area (Å²) in [5.74, 6) is 0. The molecule has 2 aliphatic rings. The molecular weight excluding hydrogens is 330 g/mol. The molecule has 0 heterocycles. The van der Waals surface area contributed by atoms with Gasteiger partial charge < -0.3 is 24.8 Å². The van der Waals surface area contributed by atoms with Gasteiger partial charge in [0.2, 0.25) is 0 Å². The summed E-state index contributed by atoms with van der Waals surface area (Å²) in [6.45, 7) is 0. The van der Waals surface area contributed by atoms with Gasteiger partial charge in [0, 0.05) is 0 Å². The average molecular weight is 341 g/mol. The molecule has 0 radical (unpaired) electrons. The van der Waals surface area contributed by atoms with Crippen molar-refractivity contribution in [1.82, 2.24) is 0 Å². The molecule has 3 heteroatoms. The second-order valence-electron chi connectivity index (χ2n) is 3.99. The van der Waals surface area contributed by atoms with Crippen molar-refractivity contribution in [3.63, 3.8) is 0 Å². The summed E-state index contributed by atoms with van der Waals surface area (Å²) < 4.78 is 0.652. The number of rotatable bonds is 1. The first-order chi connectivity index (χ1) is 7.36. The van der Waals surface area contributed by atoms with E-state index in [9.17, 15) is 0 Å². The Kier molecular flexibility index (Phi) is 5.44. The molecule has 3 rings (SSSR count). The molecule has 0 bridgehead atoms. The summed E-state index contributed by atoms with van der Waals surface area (Å²) in [6.07, 6.45) is 10.1. The van der Waals surface area contributed by atoms with E-state index in [2.05, 4.69) is 48.6 Å². The second kappa shape index (κ2) is 6.18. The van der Waals surface area contributed by atoms with Crippen molar-refractivity contribution in [3.8, 4) is 0 Å². The van der Waals surface area contributed by atoms with Crippen LogP contribution in [0.15, 0.2) is 53.6 Å². The number of benzene rings is 1. The van der Waals surface area contributed by atoms with Gasteiger partial charge in [-0.05, 0) is 0 Å². The van der Waals surface area contributed by atoms with E-state index >= 15 is 0 Å². The molecule has 0 amide bonds. The first-order valence-corrected chi connectivity index (χ1v) is 6.66. The molecule has 1 unspecified atom stereocenters. The maximum absolute atomic E-state index is 2.37. The molecule has 0 nitrogen and oxygen atoms in total. The summed E-state index contributed by atoms with van der Waals surface area (Å²) in [6, 6.07) is 8.76. The summed E-state index contributed by atoms with van der Waals surface area (Å²) in [5, 5.41) is 0. The van der Waals surface area contributed by atoms with Crippen LogP contribution in [0.4, 0.5) is 0 Å². The third kappa shape index (κ3) is 2.67. The fraction of sp³-hybridized carbons (Fsp3) is 0.143. The minimum absolute atomic E-state index is 0. The maximum atomic E-state index is 2.37. The molecule has 0 spiro atoms. The number of hydrogen-bond acceptors (Lipinski definition) is 0. The fourth-order valence-corrected chi connectivity index (χ4v) is 3.57. The summed E-state index contributed by atoms with van der Waals surface area (Å²) >= 11 is 1.59. The molecule has 1 aromatic rings. The predicted octanol–water partition coefficient (Wildman–Crippen LogP) is -2.43. The van der Waals surface area contributed by atoms with Crippen molar-refractivity contribution in [2.45, 2.75) is 10.0 Å². The van der Waals surface area contributed by atoms with Crippen LogP contribution in [-0.4, -0.2) is 0 Å². The van der Waals surface area contributed by atoms with E-state index < -0.39 is 0 Å². The van der Waals surface area contributed by atoms with Crippen molar-refractivity contribution in [1.29, 1.82) is 0 Å². The molecular formula is C14H11Cl2Zr. The Labute approximate surface area is 130 Å². The zero-order valence-corrected chi connectivity index (χ0v) is 13.1. The Morgan fingerprint density at radius 1 is 1.12 bits per heavy atom. The van der Waals surface area contributed by atoms with Crippen molar-refractivity contribution >= 4 is 6.08 Å². The monoisotopic (exact) mass is 339 g/mol. The van der Waals surface area contributed by atoms with Gasteiger partial charge in [-0.25, -0.2) is 0 Å². The van der Waals surface area contributed by atoms with Crippen LogP contribution in [0.1, 0.15) is 21.2 Å². The van der Waals surface area contributed by atoms with Crippen molar-refractivity contribution in [2.75, 3.05) is 0 Å². The molecule has 1 aromatic carbocycles. The molecule has 17 heavy (non-hydrogen) atoms. The Hall–Kier alpha value is -0.0969. The van der Waals surface area contributed by atoms with Crippen LogP contribution in [-0.2, 0) is 24.7 Å². The van der Waals surface area contributed by atoms with E-state index in [1.54, 1.807) is 30.3 Å². The number of allylic oxidation sites excluding steroid dienone is 5. The molecule has 0 saturated carbocycles. The Bertz CT molecular complexity index is 501. The van der Waals surface area contributed by atoms with Gasteiger partial charge in [-0.1, -0.05) is 0 Å². The second-order valence-corrected chi connectivity index (χ2v) is 5.40. The Morgan fingerprint density at radius 2 is 1.88 bits per heavy atom.